The molecular formula is C22H21BrN2O5S. The molecule has 162 valence electrons. The molecule has 1 N–H and O–H groups in total. The number of carbonyl (C=O) groups excluding carboxylic acids is 3. The van der Waals surface area contributed by atoms with Crippen LogP contribution in [0.4, 0.5) is 10.5 Å². The van der Waals surface area contributed by atoms with Crippen molar-refractivity contribution in [3.63, 3.8) is 0 Å². The van der Waals surface area contributed by atoms with E-state index in [0.29, 0.717) is 33.8 Å². The normalized spacial score (nSPS) is 14.8. The first-order valence-electron chi connectivity index (χ1n) is 9.44. The van der Waals surface area contributed by atoms with Crippen molar-refractivity contribution in [2.45, 2.75) is 13.8 Å². The number of anilines is 1. The van der Waals surface area contributed by atoms with Gasteiger partial charge in [-0.3, -0.25) is 19.3 Å². The van der Waals surface area contributed by atoms with Crippen LogP contribution in [0.3, 0.4) is 0 Å². The molecule has 2 aromatic rings. The standard InChI is InChI=1S/C22H21BrN2O5S/c1-4-30-18-9-14(16(23)11-17(18)29-3)10-19-21(27)25(22(28)31-19)12-20(26)24-15-7-5-6-13(2)8-15/h5-11H,4,12H2,1-3H3,(H,24,26)/b19-10-. The summed E-state index contributed by atoms with van der Waals surface area (Å²) in [5, 5.41) is 2.21. The van der Waals surface area contributed by atoms with Crippen LogP contribution in [0.1, 0.15) is 18.1 Å². The van der Waals surface area contributed by atoms with E-state index in [2.05, 4.69) is 21.2 Å². The first-order chi connectivity index (χ1) is 14.8. The Bertz CT molecular complexity index is 1070. The lowest BCUT2D eigenvalue weighted by molar-refractivity contribution is -0.127. The van der Waals surface area contributed by atoms with Crippen LogP contribution in [0.25, 0.3) is 6.08 Å². The minimum atomic E-state index is -0.518. The maximum atomic E-state index is 12.8. The summed E-state index contributed by atoms with van der Waals surface area (Å²) in [5.41, 5.74) is 2.25. The van der Waals surface area contributed by atoms with E-state index in [9.17, 15) is 14.4 Å². The number of hydrogen-bond donors (Lipinski definition) is 1. The third kappa shape index (κ3) is 5.48. The van der Waals surface area contributed by atoms with Crippen LogP contribution < -0.4 is 14.8 Å². The van der Waals surface area contributed by atoms with Crippen LogP contribution in [0.15, 0.2) is 45.8 Å². The van der Waals surface area contributed by atoms with Gasteiger partial charge in [0, 0.05) is 10.2 Å². The van der Waals surface area contributed by atoms with E-state index in [1.54, 1.807) is 24.3 Å². The number of amides is 3. The summed E-state index contributed by atoms with van der Waals surface area (Å²) in [6, 6.07) is 10.7. The highest BCUT2D eigenvalue weighted by Crippen LogP contribution is 2.38. The zero-order valence-corrected chi connectivity index (χ0v) is 19.6. The molecule has 0 aliphatic carbocycles. The van der Waals surface area contributed by atoms with Gasteiger partial charge in [-0.05, 0) is 67.1 Å². The van der Waals surface area contributed by atoms with Gasteiger partial charge in [-0.2, -0.15) is 0 Å². The molecule has 1 aliphatic rings. The van der Waals surface area contributed by atoms with E-state index in [4.69, 9.17) is 9.47 Å². The third-order valence-corrected chi connectivity index (χ3v) is 5.94. The Labute approximate surface area is 192 Å². The van der Waals surface area contributed by atoms with E-state index < -0.39 is 17.1 Å². The van der Waals surface area contributed by atoms with Crippen LogP contribution in [0.5, 0.6) is 11.5 Å². The summed E-state index contributed by atoms with van der Waals surface area (Å²) >= 11 is 4.24. The van der Waals surface area contributed by atoms with Crippen LogP contribution in [-0.4, -0.2) is 42.2 Å². The molecule has 1 saturated heterocycles. The smallest absolute Gasteiger partial charge is 0.294 e. The molecule has 0 bridgehead atoms. The Morgan fingerprint density at radius 2 is 2.00 bits per heavy atom. The molecule has 0 unspecified atom stereocenters. The Balaban J connectivity index is 1.77. The zero-order valence-electron chi connectivity index (χ0n) is 17.2. The van der Waals surface area contributed by atoms with Gasteiger partial charge in [-0.15, -0.1) is 0 Å². The molecular weight excluding hydrogens is 484 g/mol. The number of thioether (sulfide) groups is 1. The van der Waals surface area contributed by atoms with Gasteiger partial charge in [0.05, 0.1) is 18.6 Å². The molecule has 3 rings (SSSR count). The maximum absolute atomic E-state index is 12.8. The van der Waals surface area contributed by atoms with Crippen molar-refractivity contribution < 1.29 is 23.9 Å². The summed E-state index contributed by atoms with van der Waals surface area (Å²) in [6.07, 6.45) is 1.59. The largest absolute Gasteiger partial charge is 0.493 e. The van der Waals surface area contributed by atoms with E-state index in [1.165, 1.54) is 7.11 Å². The highest BCUT2D eigenvalue weighted by Gasteiger charge is 2.36. The highest BCUT2D eigenvalue weighted by atomic mass is 79.9. The number of halogens is 1. The van der Waals surface area contributed by atoms with E-state index in [0.717, 1.165) is 22.2 Å². The molecule has 1 heterocycles. The number of carbonyl (C=O) groups is 3. The number of rotatable bonds is 7. The summed E-state index contributed by atoms with van der Waals surface area (Å²) in [7, 11) is 1.54. The summed E-state index contributed by atoms with van der Waals surface area (Å²) in [6.45, 7) is 3.85. The van der Waals surface area contributed by atoms with Crippen LogP contribution in [-0.2, 0) is 9.59 Å². The predicted octanol–water partition coefficient (Wildman–Crippen LogP) is 4.84. The van der Waals surface area contributed by atoms with Gasteiger partial charge >= 0.3 is 0 Å². The van der Waals surface area contributed by atoms with Crippen molar-refractivity contribution >= 4 is 56.5 Å². The molecule has 1 fully saturated rings. The minimum Gasteiger partial charge on any atom is -0.493 e. The second-order valence-corrected chi connectivity index (χ2v) is 8.49. The number of nitrogens with one attached hydrogen (secondary N) is 1. The summed E-state index contributed by atoms with van der Waals surface area (Å²) < 4.78 is 11.6. The zero-order chi connectivity index (χ0) is 22.5. The van der Waals surface area contributed by atoms with Crippen molar-refractivity contribution in [1.29, 1.82) is 0 Å². The molecule has 1 aliphatic heterocycles. The SMILES string of the molecule is CCOc1cc(/C=C2\SC(=O)N(CC(=O)Nc3cccc(C)c3)C2=O)c(Br)cc1OC. The second-order valence-electron chi connectivity index (χ2n) is 6.64. The Hall–Kier alpha value is -2.78. The fraction of sp³-hybridized carbons (Fsp3) is 0.227. The molecule has 0 atom stereocenters. The van der Waals surface area contributed by atoms with Gasteiger partial charge in [0.1, 0.15) is 6.54 Å². The summed E-state index contributed by atoms with van der Waals surface area (Å²) in [5.74, 6) is 0.108. The van der Waals surface area contributed by atoms with Crippen molar-refractivity contribution in [3.05, 3.63) is 56.9 Å². The first kappa shape index (κ1) is 22.9. The molecule has 0 spiro atoms. The third-order valence-electron chi connectivity index (χ3n) is 4.35. The van der Waals surface area contributed by atoms with Crippen molar-refractivity contribution in [1.82, 2.24) is 4.90 Å². The highest BCUT2D eigenvalue weighted by molar-refractivity contribution is 9.10. The molecule has 0 saturated carbocycles. The number of hydrogen-bond acceptors (Lipinski definition) is 6. The van der Waals surface area contributed by atoms with Gasteiger partial charge in [0.2, 0.25) is 5.91 Å². The fourth-order valence-electron chi connectivity index (χ4n) is 2.93. The number of benzene rings is 2. The Morgan fingerprint density at radius 3 is 2.68 bits per heavy atom. The average molecular weight is 505 g/mol. The van der Waals surface area contributed by atoms with Crippen LogP contribution in [0.2, 0.25) is 0 Å². The van der Waals surface area contributed by atoms with Gasteiger partial charge in [0.25, 0.3) is 11.1 Å². The summed E-state index contributed by atoms with van der Waals surface area (Å²) in [4.78, 5) is 38.7. The number of methoxy groups -OCH3 is 1. The predicted molar refractivity (Wildman–Crippen MR) is 124 cm³/mol. The van der Waals surface area contributed by atoms with Crippen LogP contribution in [0, 0.1) is 6.92 Å². The molecule has 2 aromatic carbocycles. The second kappa shape index (κ2) is 10.0. The Morgan fingerprint density at radius 1 is 1.23 bits per heavy atom. The van der Waals surface area contributed by atoms with E-state index in [-0.39, 0.29) is 11.4 Å². The minimum absolute atomic E-state index is 0.224. The first-order valence-corrected chi connectivity index (χ1v) is 11.1. The van der Waals surface area contributed by atoms with Crippen LogP contribution >= 0.6 is 27.7 Å². The average Bonchev–Trinajstić information content (AvgIpc) is 2.97. The molecule has 31 heavy (non-hydrogen) atoms. The maximum Gasteiger partial charge on any atom is 0.294 e. The lowest BCUT2D eigenvalue weighted by Gasteiger charge is -2.13. The Kier molecular flexibility index (Phi) is 7.40. The number of nitrogens with zero attached hydrogens (tertiary/aromatic N) is 1. The van der Waals surface area contributed by atoms with Crippen molar-refractivity contribution in [2.75, 3.05) is 25.6 Å². The van der Waals surface area contributed by atoms with Gasteiger partial charge in [-0.25, -0.2) is 0 Å². The molecule has 3 amide bonds. The topological polar surface area (TPSA) is 84.9 Å². The van der Waals surface area contributed by atoms with Crippen molar-refractivity contribution in [2.24, 2.45) is 0 Å². The van der Waals surface area contributed by atoms with Gasteiger partial charge in [-0.1, -0.05) is 28.1 Å². The number of aryl methyl sites for hydroxylation is 1. The molecule has 0 aromatic heterocycles. The molecule has 0 radical (unpaired) electrons. The lowest BCUT2D eigenvalue weighted by atomic mass is 10.2. The lowest BCUT2D eigenvalue weighted by Crippen LogP contribution is -2.36. The molecule has 9 heteroatoms. The van der Waals surface area contributed by atoms with Gasteiger partial charge in [0.15, 0.2) is 11.5 Å². The van der Waals surface area contributed by atoms with Crippen molar-refractivity contribution in [3.8, 4) is 11.5 Å². The molecule has 7 nitrogen and oxygen atoms in total. The van der Waals surface area contributed by atoms with E-state index in [1.807, 2.05) is 32.0 Å². The van der Waals surface area contributed by atoms with Gasteiger partial charge < -0.3 is 14.8 Å². The monoisotopic (exact) mass is 504 g/mol. The quantitative estimate of drug-likeness (QED) is 0.543. The number of imide groups is 1. The fourth-order valence-corrected chi connectivity index (χ4v) is 4.20. The van der Waals surface area contributed by atoms with E-state index >= 15 is 0 Å². The number of ether oxygens (including phenoxy) is 2.